The van der Waals surface area contributed by atoms with E-state index in [0.717, 1.165) is 13.1 Å². The van der Waals surface area contributed by atoms with Gasteiger partial charge in [-0.25, -0.2) is 0 Å². The molecule has 0 aliphatic rings. The maximum Gasteiger partial charge on any atom is 0.104 e. The quantitative estimate of drug-likeness (QED) is 0.488. The van der Waals surface area contributed by atoms with E-state index in [2.05, 4.69) is 18.7 Å². The lowest BCUT2D eigenvalue weighted by Gasteiger charge is -2.13. The van der Waals surface area contributed by atoms with Gasteiger partial charge in [0.25, 0.3) is 0 Å². The Balaban J connectivity index is 3.36. The van der Waals surface area contributed by atoms with Gasteiger partial charge in [0.05, 0.1) is 0 Å². The maximum atomic E-state index is 5.16. The molecule has 0 fully saturated rings. The van der Waals surface area contributed by atoms with Crippen molar-refractivity contribution in [2.45, 2.75) is 13.8 Å². The van der Waals surface area contributed by atoms with Crippen LogP contribution in [0.1, 0.15) is 13.8 Å². The van der Waals surface area contributed by atoms with Crippen LogP contribution in [0.5, 0.6) is 0 Å². The Labute approximate surface area is 52.8 Å². The van der Waals surface area contributed by atoms with Crippen LogP contribution < -0.4 is 0 Å². The number of rotatable bonds is 3. The first-order valence-corrected chi connectivity index (χ1v) is 2.97. The van der Waals surface area contributed by atoms with E-state index in [4.69, 9.17) is 7.85 Å². The normalized spacial score (nSPS) is 10.2. The van der Waals surface area contributed by atoms with Gasteiger partial charge in [-0.15, -0.1) is 5.98 Å². The summed E-state index contributed by atoms with van der Waals surface area (Å²) in [5, 5.41) is 0. The largest absolute Gasteiger partial charge is 0.379 e. The Morgan fingerprint density at radius 3 is 2.00 bits per heavy atom. The molecule has 0 saturated carbocycles. The van der Waals surface area contributed by atoms with Crippen molar-refractivity contribution in [3.63, 3.8) is 0 Å². The van der Waals surface area contributed by atoms with Crippen LogP contribution >= 0.6 is 0 Å². The molecule has 0 aromatic heterocycles. The molecule has 44 valence electrons. The SMILES string of the molecule is [B]/C=C/N(CC)CC. The predicted molar refractivity (Wildman–Crippen MR) is 37.8 cm³/mol. The summed E-state index contributed by atoms with van der Waals surface area (Å²) < 4.78 is 0. The van der Waals surface area contributed by atoms with Crippen molar-refractivity contribution in [3.05, 3.63) is 12.2 Å². The minimum atomic E-state index is 1.03. The Morgan fingerprint density at radius 2 is 1.88 bits per heavy atom. The van der Waals surface area contributed by atoms with Gasteiger partial charge in [-0.05, 0) is 20.0 Å². The molecule has 0 spiro atoms. The highest BCUT2D eigenvalue weighted by atomic mass is 15.1. The third kappa shape index (κ3) is 2.72. The average Bonchev–Trinajstić information content (AvgIpc) is 1.83. The minimum absolute atomic E-state index is 1.03. The fourth-order valence-electron chi connectivity index (χ4n) is 0.556. The predicted octanol–water partition coefficient (Wildman–Crippen LogP) is 0.968. The first-order chi connectivity index (χ1) is 3.85. The monoisotopic (exact) mass is 109 g/mol. The highest BCUT2D eigenvalue weighted by molar-refractivity contribution is 6.16. The van der Waals surface area contributed by atoms with Crippen LogP contribution in [0.4, 0.5) is 0 Å². The molecule has 2 heteroatoms. The van der Waals surface area contributed by atoms with Crippen LogP contribution in [0.2, 0.25) is 0 Å². The molecule has 0 amide bonds. The molecule has 8 heavy (non-hydrogen) atoms. The Bertz CT molecular complexity index is 66.9. The van der Waals surface area contributed by atoms with Crippen LogP contribution in [-0.2, 0) is 0 Å². The van der Waals surface area contributed by atoms with Gasteiger partial charge in [-0.1, -0.05) is 0 Å². The van der Waals surface area contributed by atoms with E-state index < -0.39 is 0 Å². The van der Waals surface area contributed by atoms with E-state index >= 15 is 0 Å². The molecule has 1 nitrogen and oxygen atoms in total. The molecular formula is C6H12BN. The molecule has 0 N–H and O–H groups in total. The third-order valence-electron chi connectivity index (χ3n) is 1.11. The molecule has 0 aromatic rings. The van der Waals surface area contributed by atoms with Crippen molar-refractivity contribution >= 4 is 7.85 Å². The van der Waals surface area contributed by atoms with Gasteiger partial charge in [0.2, 0.25) is 0 Å². The summed E-state index contributed by atoms with van der Waals surface area (Å²) in [5.41, 5.74) is 0. The van der Waals surface area contributed by atoms with E-state index in [1.807, 2.05) is 6.20 Å². The van der Waals surface area contributed by atoms with Gasteiger partial charge in [0.15, 0.2) is 0 Å². The van der Waals surface area contributed by atoms with E-state index in [1.165, 1.54) is 0 Å². The maximum absolute atomic E-state index is 5.16. The lowest BCUT2D eigenvalue weighted by atomic mass is 10.2. The summed E-state index contributed by atoms with van der Waals surface area (Å²) in [6.07, 6.45) is 1.89. The van der Waals surface area contributed by atoms with Gasteiger partial charge >= 0.3 is 0 Å². The Morgan fingerprint density at radius 1 is 1.38 bits per heavy atom. The minimum Gasteiger partial charge on any atom is -0.379 e. The molecule has 2 radical (unpaired) electrons. The van der Waals surface area contributed by atoms with Crippen LogP contribution in [0.25, 0.3) is 0 Å². The second-order valence-corrected chi connectivity index (χ2v) is 1.56. The fourth-order valence-corrected chi connectivity index (χ4v) is 0.556. The molecule has 0 bridgehead atoms. The van der Waals surface area contributed by atoms with Crippen molar-refractivity contribution in [3.8, 4) is 0 Å². The molecule has 0 atom stereocenters. The van der Waals surface area contributed by atoms with Gasteiger partial charge in [0.1, 0.15) is 7.85 Å². The summed E-state index contributed by atoms with van der Waals surface area (Å²) in [5.74, 6) is 1.56. The van der Waals surface area contributed by atoms with Gasteiger partial charge in [-0.3, -0.25) is 0 Å². The number of hydrogen-bond donors (Lipinski definition) is 0. The topological polar surface area (TPSA) is 3.24 Å². The molecule has 0 saturated heterocycles. The Kier molecular flexibility index (Phi) is 4.52. The van der Waals surface area contributed by atoms with Gasteiger partial charge in [-0.2, -0.15) is 0 Å². The third-order valence-corrected chi connectivity index (χ3v) is 1.11. The van der Waals surface area contributed by atoms with Crippen LogP contribution in [-0.4, -0.2) is 25.8 Å². The van der Waals surface area contributed by atoms with Crippen LogP contribution in [0, 0.1) is 0 Å². The van der Waals surface area contributed by atoms with Crippen molar-refractivity contribution in [1.82, 2.24) is 4.90 Å². The second kappa shape index (κ2) is 4.76. The smallest absolute Gasteiger partial charge is 0.104 e. The zero-order valence-corrected chi connectivity index (χ0v) is 5.59. The molecular weight excluding hydrogens is 96.9 g/mol. The molecule has 0 aliphatic carbocycles. The highest BCUT2D eigenvalue weighted by Crippen LogP contribution is 1.84. The van der Waals surface area contributed by atoms with Crippen molar-refractivity contribution < 1.29 is 0 Å². The lowest BCUT2D eigenvalue weighted by Crippen LogP contribution is -2.14. The van der Waals surface area contributed by atoms with Crippen LogP contribution in [0.3, 0.4) is 0 Å². The molecule has 0 aliphatic heterocycles. The zero-order chi connectivity index (χ0) is 6.41. The number of hydrogen-bond acceptors (Lipinski definition) is 1. The number of nitrogens with zero attached hydrogens (tertiary/aromatic N) is 1. The van der Waals surface area contributed by atoms with Gasteiger partial charge in [0, 0.05) is 13.1 Å². The molecule has 0 aromatic carbocycles. The summed E-state index contributed by atoms with van der Waals surface area (Å²) >= 11 is 0. The van der Waals surface area contributed by atoms with E-state index in [0.29, 0.717) is 0 Å². The summed E-state index contributed by atoms with van der Waals surface area (Å²) in [4.78, 5) is 2.12. The van der Waals surface area contributed by atoms with Crippen molar-refractivity contribution in [2.75, 3.05) is 13.1 Å². The van der Waals surface area contributed by atoms with E-state index in [-0.39, 0.29) is 0 Å². The lowest BCUT2D eigenvalue weighted by molar-refractivity contribution is 0.419. The molecule has 0 heterocycles. The second-order valence-electron chi connectivity index (χ2n) is 1.56. The molecule has 0 rings (SSSR count). The van der Waals surface area contributed by atoms with Crippen LogP contribution in [0.15, 0.2) is 12.2 Å². The van der Waals surface area contributed by atoms with Crippen molar-refractivity contribution in [2.24, 2.45) is 0 Å². The fraction of sp³-hybridized carbons (Fsp3) is 0.667. The average molecular weight is 109 g/mol. The Hall–Kier alpha value is -0.395. The zero-order valence-electron chi connectivity index (χ0n) is 5.59. The standard InChI is InChI=1S/C6H12BN/c1-3-8(4-2)6-5-7/h5-6H,3-4H2,1-2H3/b6-5+. The highest BCUT2D eigenvalue weighted by Gasteiger charge is 1.84. The summed E-state index contributed by atoms with van der Waals surface area (Å²) in [7, 11) is 5.16. The van der Waals surface area contributed by atoms with Gasteiger partial charge < -0.3 is 4.90 Å². The first-order valence-electron chi connectivity index (χ1n) is 2.97. The first kappa shape index (κ1) is 7.60. The summed E-state index contributed by atoms with van der Waals surface area (Å²) in [6.45, 7) is 6.27. The van der Waals surface area contributed by atoms with E-state index in [1.54, 1.807) is 5.98 Å². The van der Waals surface area contributed by atoms with Crippen molar-refractivity contribution in [1.29, 1.82) is 0 Å². The summed E-state index contributed by atoms with van der Waals surface area (Å²) in [6, 6.07) is 0. The molecule has 0 unspecified atom stereocenters. The van der Waals surface area contributed by atoms with E-state index in [9.17, 15) is 0 Å².